The first kappa shape index (κ1) is 23.8. The van der Waals surface area contributed by atoms with Gasteiger partial charge in [-0.1, -0.05) is 31.2 Å². The second kappa shape index (κ2) is 9.96. The number of nitrogens with zero attached hydrogens (tertiary/aromatic N) is 5. The maximum Gasteiger partial charge on any atom is 0.297 e. The van der Waals surface area contributed by atoms with E-state index in [1.54, 1.807) is 28.2 Å². The summed E-state index contributed by atoms with van der Waals surface area (Å²) in [6.45, 7) is 3.94. The van der Waals surface area contributed by atoms with Crippen molar-refractivity contribution in [2.75, 3.05) is 0 Å². The summed E-state index contributed by atoms with van der Waals surface area (Å²) in [5.74, 6) is 0.210. The first-order valence-electron chi connectivity index (χ1n) is 11.5. The number of aromatic nitrogens is 3. The Hall–Kier alpha value is -3.95. The normalized spacial score (nSPS) is 12.4. The van der Waals surface area contributed by atoms with E-state index >= 15 is 0 Å². The van der Waals surface area contributed by atoms with Crippen molar-refractivity contribution in [2.45, 2.75) is 20.3 Å². The summed E-state index contributed by atoms with van der Waals surface area (Å²) in [5, 5.41) is 18.8. The highest BCUT2D eigenvalue weighted by Gasteiger charge is 2.17. The molecule has 1 N–H and O–H groups in total. The van der Waals surface area contributed by atoms with Crippen LogP contribution in [-0.4, -0.2) is 24.9 Å². The fraction of sp³-hybridized carbons (Fsp3) is 0.148. The molecule has 0 saturated heterocycles. The van der Waals surface area contributed by atoms with Gasteiger partial charge in [0.25, 0.3) is 5.56 Å². The Kier molecular flexibility index (Phi) is 6.58. The summed E-state index contributed by atoms with van der Waals surface area (Å²) in [6.07, 6.45) is 0.683. The molecular formula is C27H25N5O2S2. The molecule has 2 aromatic carbocycles. The largest absolute Gasteiger partial charge is 0.508 e. The van der Waals surface area contributed by atoms with Crippen molar-refractivity contribution in [3.8, 4) is 22.0 Å². The van der Waals surface area contributed by atoms with Crippen LogP contribution in [0.2, 0.25) is 0 Å². The predicted molar refractivity (Wildman–Crippen MR) is 147 cm³/mol. The molecule has 5 aromatic rings. The number of phenolic OH excluding ortho intramolecular Hbond substituents is 1. The van der Waals surface area contributed by atoms with Gasteiger partial charge in [0.1, 0.15) is 5.75 Å². The molecule has 0 aliphatic carbocycles. The fourth-order valence-corrected chi connectivity index (χ4v) is 5.58. The third-order valence-corrected chi connectivity index (χ3v) is 7.65. The van der Waals surface area contributed by atoms with Crippen LogP contribution in [0.5, 0.6) is 5.75 Å². The molecule has 3 heterocycles. The Balaban J connectivity index is 1.73. The second-order valence-corrected chi connectivity index (χ2v) is 9.95. The van der Waals surface area contributed by atoms with E-state index in [2.05, 4.69) is 0 Å². The molecule has 3 aromatic heterocycles. The maximum absolute atomic E-state index is 13.5. The number of thiophene rings is 1. The highest BCUT2D eigenvalue weighted by atomic mass is 32.1. The van der Waals surface area contributed by atoms with Crippen molar-refractivity contribution in [2.24, 2.45) is 17.1 Å². The summed E-state index contributed by atoms with van der Waals surface area (Å²) in [7, 11) is 1.86. The van der Waals surface area contributed by atoms with E-state index in [0.29, 0.717) is 16.9 Å². The molecule has 7 nitrogen and oxygen atoms in total. The van der Waals surface area contributed by atoms with Gasteiger partial charge in [-0.2, -0.15) is 5.10 Å². The van der Waals surface area contributed by atoms with E-state index in [0.717, 1.165) is 33.2 Å². The Bertz CT molecular complexity index is 1650. The highest BCUT2D eigenvalue weighted by molar-refractivity contribution is 7.14. The van der Waals surface area contributed by atoms with Gasteiger partial charge in [0.05, 0.1) is 27.7 Å². The molecule has 0 aliphatic heterocycles. The van der Waals surface area contributed by atoms with Crippen molar-refractivity contribution in [3.05, 3.63) is 104 Å². The van der Waals surface area contributed by atoms with Crippen LogP contribution in [0, 0.1) is 6.92 Å². The Labute approximate surface area is 216 Å². The number of hydrogen-bond donors (Lipinski definition) is 1. The molecule has 0 radical (unpaired) electrons. The lowest BCUT2D eigenvalue weighted by Gasteiger charge is -2.07. The van der Waals surface area contributed by atoms with Crippen LogP contribution in [0.15, 0.2) is 92.4 Å². The third kappa shape index (κ3) is 4.38. The average Bonchev–Trinajstić information content (AvgIpc) is 3.60. The Morgan fingerprint density at radius 3 is 2.42 bits per heavy atom. The molecule has 0 bridgehead atoms. The van der Waals surface area contributed by atoms with Gasteiger partial charge >= 0.3 is 0 Å². The quantitative estimate of drug-likeness (QED) is 0.296. The van der Waals surface area contributed by atoms with Crippen LogP contribution in [0.3, 0.4) is 0 Å². The van der Waals surface area contributed by atoms with Gasteiger partial charge in [-0.25, -0.2) is 14.4 Å². The number of thiazole rings is 1. The fourth-order valence-electron chi connectivity index (χ4n) is 3.95. The lowest BCUT2D eigenvalue weighted by Crippen LogP contribution is -2.20. The van der Waals surface area contributed by atoms with Gasteiger partial charge in [0.2, 0.25) is 4.80 Å². The zero-order valence-corrected chi connectivity index (χ0v) is 21.8. The predicted octanol–water partition coefficient (Wildman–Crippen LogP) is 5.68. The van der Waals surface area contributed by atoms with Crippen molar-refractivity contribution in [3.63, 3.8) is 0 Å². The van der Waals surface area contributed by atoms with Crippen molar-refractivity contribution < 1.29 is 5.11 Å². The van der Waals surface area contributed by atoms with Crippen LogP contribution in [0.25, 0.3) is 16.3 Å². The van der Waals surface area contributed by atoms with Gasteiger partial charge in [-0.15, -0.1) is 22.7 Å². The van der Waals surface area contributed by atoms with Crippen molar-refractivity contribution >= 4 is 34.1 Å². The summed E-state index contributed by atoms with van der Waals surface area (Å²) >= 11 is 3.07. The highest BCUT2D eigenvalue weighted by Crippen LogP contribution is 2.26. The van der Waals surface area contributed by atoms with Gasteiger partial charge in [-0.3, -0.25) is 9.48 Å². The lowest BCUT2D eigenvalue weighted by molar-refractivity contribution is 0.475. The van der Waals surface area contributed by atoms with Crippen LogP contribution >= 0.6 is 22.7 Å². The van der Waals surface area contributed by atoms with E-state index in [9.17, 15) is 9.90 Å². The number of hydrogen-bond acceptors (Lipinski definition) is 6. The van der Waals surface area contributed by atoms with Crippen molar-refractivity contribution in [1.82, 2.24) is 14.0 Å². The van der Waals surface area contributed by atoms with Gasteiger partial charge in [0.15, 0.2) is 5.69 Å². The van der Waals surface area contributed by atoms with E-state index in [1.807, 2.05) is 95.6 Å². The van der Waals surface area contributed by atoms with Crippen LogP contribution in [0.1, 0.15) is 24.6 Å². The number of rotatable bonds is 6. The molecule has 0 unspecified atom stereocenters. The standard InChI is InChI=1S/C27H25N5O2S2/c1-4-22(19-12-14-21(33)15-13-19)29-31-23(24-11-8-16-35-24)17-36-27(31)28-25-18(2)30(3)32(26(25)34)20-9-6-5-7-10-20/h5-17,33H,4H2,1-3H3. The number of phenols is 1. The molecule has 5 rings (SSSR count). The third-order valence-electron chi connectivity index (χ3n) is 5.95. The van der Waals surface area contributed by atoms with E-state index < -0.39 is 0 Å². The molecule has 182 valence electrons. The smallest absolute Gasteiger partial charge is 0.297 e. The maximum atomic E-state index is 13.5. The minimum Gasteiger partial charge on any atom is -0.508 e. The monoisotopic (exact) mass is 515 g/mol. The van der Waals surface area contributed by atoms with E-state index in [1.165, 1.54) is 11.3 Å². The lowest BCUT2D eigenvalue weighted by atomic mass is 10.1. The van der Waals surface area contributed by atoms with Gasteiger partial charge in [-0.05, 0) is 66.8 Å². The number of benzene rings is 2. The Morgan fingerprint density at radius 2 is 1.75 bits per heavy atom. The van der Waals surface area contributed by atoms with Crippen LogP contribution < -0.4 is 10.4 Å². The molecule has 0 atom stereocenters. The first-order valence-corrected chi connectivity index (χ1v) is 13.2. The second-order valence-electron chi connectivity index (χ2n) is 8.16. The molecule has 0 amide bonds. The van der Waals surface area contributed by atoms with E-state index in [-0.39, 0.29) is 11.3 Å². The molecular weight excluding hydrogens is 490 g/mol. The molecule has 0 aliphatic rings. The molecule has 36 heavy (non-hydrogen) atoms. The molecule has 0 saturated carbocycles. The van der Waals surface area contributed by atoms with Crippen LogP contribution in [0.4, 0.5) is 5.69 Å². The topological polar surface area (TPSA) is 76.8 Å². The minimum atomic E-state index is -0.183. The first-order chi connectivity index (χ1) is 17.5. The van der Waals surface area contributed by atoms with Gasteiger partial charge in [0, 0.05) is 12.4 Å². The summed E-state index contributed by atoms with van der Waals surface area (Å²) in [5.41, 5.74) is 4.42. The molecule has 0 spiro atoms. The summed E-state index contributed by atoms with van der Waals surface area (Å²) in [4.78, 5) is 20.0. The molecule has 9 heteroatoms. The number of aromatic hydroxyl groups is 1. The zero-order valence-electron chi connectivity index (χ0n) is 20.1. The van der Waals surface area contributed by atoms with Crippen molar-refractivity contribution in [1.29, 1.82) is 0 Å². The number of para-hydroxylation sites is 1. The SMILES string of the molecule is CCC(=Nn1c(-c2cccs2)csc1=Nc1c(C)n(C)n(-c2ccccc2)c1=O)c1ccc(O)cc1. The minimum absolute atomic E-state index is 0.183. The molecule has 0 fully saturated rings. The Morgan fingerprint density at radius 1 is 1.00 bits per heavy atom. The van der Waals surface area contributed by atoms with E-state index in [4.69, 9.17) is 10.1 Å². The zero-order chi connectivity index (χ0) is 25.2. The average molecular weight is 516 g/mol. The summed E-state index contributed by atoms with van der Waals surface area (Å²) < 4.78 is 5.27. The summed E-state index contributed by atoms with van der Waals surface area (Å²) in [6, 6.07) is 20.6. The van der Waals surface area contributed by atoms with Gasteiger partial charge < -0.3 is 5.11 Å². The van der Waals surface area contributed by atoms with Crippen LogP contribution in [-0.2, 0) is 7.05 Å².